The molecule has 0 atom stereocenters. The van der Waals surface area contributed by atoms with E-state index in [2.05, 4.69) is 15.1 Å². The highest BCUT2D eigenvalue weighted by Gasteiger charge is 2.25. The zero-order valence-corrected chi connectivity index (χ0v) is 17.7. The van der Waals surface area contributed by atoms with Crippen LogP contribution in [-0.2, 0) is 21.5 Å². The maximum atomic E-state index is 11.5. The smallest absolute Gasteiger partial charge is 0.307 e. The van der Waals surface area contributed by atoms with Crippen molar-refractivity contribution in [2.75, 3.05) is 6.26 Å². The molecule has 0 amide bonds. The molecule has 0 N–H and O–H groups in total. The van der Waals surface area contributed by atoms with Crippen molar-refractivity contribution in [2.45, 2.75) is 6.61 Å². The predicted octanol–water partition coefficient (Wildman–Crippen LogP) is 4.17. The van der Waals surface area contributed by atoms with E-state index in [9.17, 15) is 8.42 Å². The maximum absolute atomic E-state index is 11.5. The lowest BCUT2D eigenvalue weighted by Crippen LogP contribution is -2.16. The summed E-state index contributed by atoms with van der Waals surface area (Å²) in [5.41, 5.74) is 1.48. The Bertz CT molecular complexity index is 1260. The summed E-state index contributed by atoms with van der Waals surface area (Å²) in [6.45, 7) is 0.151. The van der Waals surface area contributed by atoms with Crippen molar-refractivity contribution in [2.24, 2.45) is 4.99 Å². The predicted molar refractivity (Wildman–Crippen MR) is 109 cm³/mol. The number of aromatic nitrogens is 3. The molecule has 3 aromatic rings. The molecule has 1 aliphatic rings. The van der Waals surface area contributed by atoms with Crippen LogP contribution in [0.5, 0.6) is 5.88 Å². The third-order valence-electron chi connectivity index (χ3n) is 3.77. The number of rotatable bonds is 4. The molecule has 29 heavy (non-hydrogen) atoms. The summed E-state index contributed by atoms with van der Waals surface area (Å²) in [4.78, 5) is 8.65. The van der Waals surface area contributed by atoms with Gasteiger partial charge >= 0.3 is 10.1 Å². The molecule has 3 heterocycles. The van der Waals surface area contributed by atoms with Gasteiger partial charge in [-0.05, 0) is 24.3 Å². The molecule has 1 aromatic carbocycles. The lowest BCUT2D eigenvalue weighted by Gasteiger charge is -2.18. The Labute approximate surface area is 180 Å². The van der Waals surface area contributed by atoms with Gasteiger partial charge in [-0.1, -0.05) is 34.8 Å². The van der Waals surface area contributed by atoms with Crippen LogP contribution >= 0.6 is 34.8 Å². The summed E-state index contributed by atoms with van der Waals surface area (Å²) in [6, 6.07) is 7.90. The number of halogens is 3. The Hall–Kier alpha value is -2.33. The third kappa shape index (κ3) is 4.18. The molecule has 4 rings (SSSR count). The molecule has 1 aliphatic heterocycles. The minimum atomic E-state index is -3.81. The van der Waals surface area contributed by atoms with Gasteiger partial charge in [-0.2, -0.15) is 8.42 Å². The van der Waals surface area contributed by atoms with Gasteiger partial charge in [0.05, 0.1) is 22.0 Å². The van der Waals surface area contributed by atoms with E-state index in [-0.39, 0.29) is 34.9 Å². The number of hydrogen-bond acceptors (Lipinski definition) is 7. The molecule has 0 aliphatic carbocycles. The van der Waals surface area contributed by atoms with Crippen molar-refractivity contribution in [3.05, 3.63) is 62.9 Å². The van der Waals surface area contributed by atoms with Crippen LogP contribution in [0.25, 0.3) is 5.82 Å². The number of fused-ring (bicyclic) bond motifs is 1. The highest BCUT2D eigenvalue weighted by atomic mass is 35.5. The highest BCUT2D eigenvalue weighted by Crippen LogP contribution is 2.37. The summed E-state index contributed by atoms with van der Waals surface area (Å²) >= 11 is 18.5. The van der Waals surface area contributed by atoms with E-state index in [0.29, 0.717) is 21.3 Å². The molecular formula is C17H11Cl3N4O4S. The minimum absolute atomic E-state index is 0.138. The lowest BCUT2D eigenvalue weighted by molar-refractivity contribution is 0.286. The molecule has 0 fully saturated rings. The Kier molecular flexibility index (Phi) is 5.16. The fourth-order valence-electron chi connectivity index (χ4n) is 2.67. The van der Waals surface area contributed by atoms with Gasteiger partial charge in [-0.15, -0.1) is 5.10 Å². The molecule has 0 unspecified atom stereocenters. The van der Waals surface area contributed by atoms with Crippen molar-refractivity contribution < 1.29 is 17.3 Å². The summed E-state index contributed by atoms with van der Waals surface area (Å²) in [5, 5.41) is 5.24. The SMILES string of the molecule is CS(=O)(=O)Oc1cc(C2=Nc3c(Cl)cc(Cl)cc3CO2)n(-c2ncccc2Cl)n1. The van der Waals surface area contributed by atoms with Gasteiger partial charge in [0.1, 0.15) is 12.3 Å². The van der Waals surface area contributed by atoms with Crippen molar-refractivity contribution in [1.82, 2.24) is 14.8 Å². The summed E-state index contributed by atoms with van der Waals surface area (Å²) in [7, 11) is -3.81. The highest BCUT2D eigenvalue weighted by molar-refractivity contribution is 7.86. The lowest BCUT2D eigenvalue weighted by atomic mass is 10.1. The second-order valence-electron chi connectivity index (χ2n) is 5.98. The Morgan fingerprint density at radius 2 is 1.97 bits per heavy atom. The molecule has 0 bridgehead atoms. The van der Waals surface area contributed by atoms with Crippen LogP contribution in [0.3, 0.4) is 0 Å². The topological polar surface area (TPSA) is 95.7 Å². The van der Waals surface area contributed by atoms with Crippen LogP contribution < -0.4 is 4.18 Å². The zero-order valence-electron chi connectivity index (χ0n) is 14.6. The van der Waals surface area contributed by atoms with Crippen LogP contribution in [0, 0.1) is 0 Å². The summed E-state index contributed by atoms with van der Waals surface area (Å²) < 4.78 is 35.0. The average molecular weight is 474 g/mol. The molecular weight excluding hydrogens is 463 g/mol. The van der Waals surface area contributed by atoms with Crippen LogP contribution in [0.4, 0.5) is 5.69 Å². The molecule has 0 saturated carbocycles. The van der Waals surface area contributed by atoms with E-state index in [1.54, 1.807) is 24.3 Å². The minimum Gasteiger partial charge on any atom is -0.471 e. The molecule has 0 saturated heterocycles. The van der Waals surface area contributed by atoms with Gasteiger partial charge in [-0.25, -0.2) is 14.7 Å². The van der Waals surface area contributed by atoms with E-state index in [4.69, 9.17) is 43.7 Å². The molecule has 12 heteroatoms. The van der Waals surface area contributed by atoms with Gasteiger partial charge in [-0.3, -0.25) is 0 Å². The van der Waals surface area contributed by atoms with Crippen molar-refractivity contribution in [3.8, 4) is 11.7 Å². The number of aliphatic imine (C=N–C) groups is 1. The fraction of sp³-hybridized carbons (Fsp3) is 0.118. The quantitative estimate of drug-likeness (QED) is 0.528. The van der Waals surface area contributed by atoms with E-state index >= 15 is 0 Å². The number of ether oxygens (including phenoxy) is 1. The van der Waals surface area contributed by atoms with Crippen molar-refractivity contribution >= 4 is 56.5 Å². The van der Waals surface area contributed by atoms with E-state index < -0.39 is 10.1 Å². The first kappa shape index (κ1) is 20.0. The molecule has 2 aromatic heterocycles. The number of pyridine rings is 1. The molecule has 0 spiro atoms. The van der Waals surface area contributed by atoms with E-state index in [0.717, 1.165) is 6.26 Å². The number of hydrogen-bond donors (Lipinski definition) is 0. The van der Waals surface area contributed by atoms with Gasteiger partial charge in [0.15, 0.2) is 5.82 Å². The van der Waals surface area contributed by atoms with E-state index in [1.165, 1.54) is 16.9 Å². The zero-order chi connectivity index (χ0) is 20.8. The first-order valence-electron chi connectivity index (χ1n) is 8.01. The largest absolute Gasteiger partial charge is 0.471 e. The Morgan fingerprint density at radius 3 is 2.69 bits per heavy atom. The van der Waals surface area contributed by atoms with Crippen molar-refractivity contribution in [1.29, 1.82) is 0 Å². The molecule has 0 radical (unpaired) electrons. The number of benzene rings is 1. The summed E-state index contributed by atoms with van der Waals surface area (Å²) in [5.74, 6) is 0.189. The van der Waals surface area contributed by atoms with Crippen LogP contribution in [0.15, 0.2) is 41.5 Å². The first-order valence-corrected chi connectivity index (χ1v) is 11.0. The average Bonchev–Trinajstić information content (AvgIpc) is 3.03. The monoisotopic (exact) mass is 472 g/mol. The Morgan fingerprint density at radius 1 is 1.17 bits per heavy atom. The van der Waals surface area contributed by atoms with E-state index in [1.807, 2.05) is 0 Å². The normalized spacial score (nSPS) is 13.4. The Balaban J connectivity index is 1.88. The second kappa shape index (κ2) is 7.49. The van der Waals surface area contributed by atoms with Crippen LogP contribution in [0.2, 0.25) is 15.1 Å². The maximum Gasteiger partial charge on any atom is 0.307 e. The van der Waals surface area contributed by atoms with Crippen molar-refractivity contribution in [3.63, 3.8) is 0 Å². The van der Waals surface area contributed by atoms with Crippen LogP contribution in [0.1, 0.15) is 11.3 Å². The van der Waals surface area contributed by atoms with Gasteiger partial charge in [0.2, 0.25) is 5.90 Å². The fourth-order valence-corrected chi connectivity index (χ4v) is 3.84. The third-order valence-corrected chi connectivity index (χ3v) is 5.04. The molecule has 150 valence electrons. The molecule has 8 nitrogen and oxygen atoms in total. The van der Waals surface area contributed by atoms with Gasteiger partial charge in [0, 0.05) is 22.8 Å². The first-order chi connectivity index (χ1) is 13.7. The van der Waals surface area contributed by atoms with Crippen LogP contribution in [-0.4, -0.2) is 35.3 Å². The standard InChI is InChI=1S/C17H11Cl3N4O4S/c1-29(25,26)28-14-7-13(24(23-14)16-11(19)3-2-4-21-16)17-22-15-9(8-27-17)5-10(18)6-12(15)20/h2-7H,8H2,1H3. The number of nitrogens with zero attached hydrogens (tertiary/aromatic N) is 4. The second-order valence-corrected chi connectivity index (χ2v) is 8.80. The summed E-state index contributed by atoms with van der Waals surface area (Å²) in [6.07, 6.45) is 2.43. The van der Waals surface area contributed by atoms with Gasteiger partial charge < -0.3 is 8.92 Å². The van der Waals surface area contributed by atoms with Gasteiger partial charge in [0.25, 0.3) is 5.88 Å².